The molecule has 0 saturated carbocycles. The fourth-order valence-corrected chi connectivity index (χ4v) is 5.09. The van der Waals surface area contributed by atoms with Gasteiger partial charge in [-0.05, 0) is 58.7 Å². The number of amides is 1. The molecule has 1 saturated heterocycles. The van der Waals surface area contributed by atoms with E-state index in [4.69, 9.17) is 10.6 Å². The number of ether oxygens (including phenoxy) is 1. The van der Waals surface area contributed by atoms with Crippen LogP contribution in [0.5, 0.6) is 5.75 Å². The van der Waals surface area contributed by atoms with Crippen LogP contribution in [0.4, 0.5) is 0 Å². The Morgan fingerprint density at radius 3 is 2.75 bits per heavy atom. The maximum atomic E-state index is 13.0. The molecular weight excluding hydrogens is 428 g/mol. The number of fused-ring (bicyclic) bond motifs is 1. The first-order valence-corrected chi connectivity index (χ1v) is 11.6. The second kappa shape index (κ2) is 8.97. The van der Waals surface area contributed by atoms with Crippen LogP contribution in [0, 0.1) is 0 Å². The van der Waals surface area contributed by atoms with E-state index in [1.54, 1.807) is 36.3 Å². The minimum absolute atomic E-state index is 0.110. The van der Waals surface area contributed by atoms with Crippen molar-refractivity contribution < 1.29 is 17.9 Å². The molecule has 1 amide bonds. The number of nitrogens with two attached hydrogens (primary N) is 1. The lowest BCUT2D eigenvalue weighted by Crippen LogP contribution is -2.41. The summed E-state index contributed by atoms with van der Waals surface area (Å²) in [6.45, 7) is 0.856. The molecule has 3 aromatic carbocycles. The number of nitrogens with zero attached hydrogens (tertiary/aromatic N) is 2. The first-order valence-electron chi connectivity index (χ1n) is 10.1. The standard InChI is InChI=1S/C23H24N4O4S/c1-31-20-7-5-18-6-8-21(13-19(18)12-20)32(29,30)26-22-9-10-27(23(22)28)15-17-4-2-3-16(11-17)14-25-24/h2-8,11-14,22,26H,9-10,15,24H2,1H3/t22-/m0/s1. The van der Waals surface area contributed by atoms with Crippen molar-refractivity contribution in [1.82, 2.24) is 9.62 Å². The molecule has 0 aliphatic carbocycles. The molecule has 1 heterocycles. The van der Waals surface area contributed by atoms with Crippen molar-refractivity contribution in [3.8, 4) is 5.75 Å². The molecule has 8 nitrogen and oxygen atoms in total. The summed E-state index contributed by atoms with van der Waals surface area (Å²) in [6.07, 6.45) is 1.94. The highest BCUT2D eigenvalue weighted by Crippen LogP contribution is 2.25. The molecule has 0 aromatic heterocycles. The van der Waals surface area contributed by atoms with E-state index >= 15 is 0 Å². The number of nitrogens with one attached hydrogen (secondary N) is 1. The third-order valence-electron chi connectivity index (χ3n) is 5.47. The zero-order chi connectivity index (χ0) is 22.7. The quantitative estimate of drug-likeness (QED) is 0.324. The Bertz CT molecular complexity index is 1290. The van der Waals surface area contributed by atoms with Crippen LogP contribution in [-0.4, -0.2) is 45.1 Å². The van der Waals surface area contributed by atoms with Crippen LogP contribution in [0.25, 0.3) is 10.8 Å². The van der Waals surface area contributed by atoms with Gasteiger partial charge in [0, 0.05) is 13.1 Å². The molecule has 1 fully saturated rings. The molecule has 0 unspecified atom stereocenters. The molecular formula is C23H24N4O4S. The van der Waals surface area contributed by atoms with E-state index in [2.05, 4.69) is 9.82 Å². The largest absolute Gasteiger partial charge is 0.497 e. The number of methoxy groups -OCH3 is 1. The Morgan fingerprint density at radius 1 is 1.16 bits per heavy atom. The summed E-state index contributed by atoms with van der Waals surface area (Å²) in [5.41, 5.74) is 1.75. The van der Waals surface area contributed by atoms with Crippen molar-refractivity contribution in [2.45, 2.75) is 23.9 Å². The van der Waals surface area contributed by atoms with Gasteiger partial charge in [0.25, 0.3) is 0 Å². The number of sulfonamides is 1. The molecule has 3 aromatic rings. The highest BCUT2D eigenvalue weighted by molar-refractivity contribution is 7.89. The Kier molecular flexibility index (Phi) is 6.11. The van der Waals surface area contributed by atoms with Crippen molar-refractivity contribution in [1.29, 1.82) is 0 Å². The summed E-state index contributed by atoms with van der Waals surface area (Å²) in [5, 5.41) is 5.16. The Labute approximate surface area is 186 Å². The number of benzene rings is 3. The number of rotatable bonds is 7. The van der Waals surface area contributed by atoms with Crippen LogP contribution in [0.3, 0.4) is 0 Å². The maximum Gasteiger partial charge on any atom is 0.241 e. The van der Waals surface area contributed by atoms with Crippen molar-refractivity contribution in [2.75, 3.05) is 13.7 Å². The minimum Gasteiger partial charge on any atom is -0.497 e. The number of likely N-dealkylation sites (tertiary alicyclic amines) is 1. The lowest BCUT2D eigenvalue weighted by molar-refractivity contribution is -0.129. The molecule has 0 bridgehead atoms. The summed E-state index contributed by atoms with van der Waals surface area (Å²) in [7, 11) is -2.31. The third-order valence-corrected chi connectivity index (χ3v) is 6.94. The smallest absolute Gasteiger partial charge is 0.241 e. The van der Waals surface area contributed by atoms with Gasteiger partial charge in [0.05, 0.1) is 18.2 Å². The Balaban J connectivity index is 1.48. The minimum atomic E-state index is -3.87. The summed E-state index contributed by atoms with van der Waals surface area (Å²) >= 11 is 0. The highest BCUT2D eigenvalue weighted by Gasteiger charge is 2.35. The van der Waals surface area contributed by atoms with Gasteiger partial charge >= 0.3 is 0 Å². The van der Waals surface area contributed by atoms with Crippen LogP contribution in [0.15, 0.2) is 70.7 Å². The van der Waals surface area contributed by atoms with E-state index in [9.17, 15) is 13.2 Å². The third kappa shape index (κ3) is 4.58. The molecule has 4 rings (SSSR count). The van der Waals surface area contributed by atoms with E-state index in [0.29, 0.717) is 25.3 Å². The van der Waals surface area contributed by atoms with Gasteiger partial charge in [-0.15, -0.1) is 0 Å². The molecule has 1 aliphatic heterocycles. The zero-order valence-electron chi connectivity index (χ0n) is 17.6. The first kappa shape index (κ1) is 21.8. The van der Waals surface area contributed by atoms with E-state index in [0.717, 1.165) is 21.9 Å². The summed E-state index contributed by atoms with van der Waals surface area (Å²) < 4.78 is 33.7. The van der Waals surface area contributed by atoms with Gasteiger partial charge in [0.2, 0.25) is 15.9 Å². The van der Waals surface area contributed by atoms with Crippen molar-refractivity contribution in [2.24, 2.45) is 10.9 Å². The molecule has 9 heteroatoms. The van der Waals surface area contributed by atoms with E-state index in [1.807, 2.05) is 36.4 Å². The first-order chi connectivity index (χ1) is 15.4. The van der Waals surface area contributed by atoms with Gasteiger partial charge in [0.15, 0.2) is 0 Å². The Hall–Kier alpha value is -3.43. The predicted octanol–water partition coefficient (Wildman–Crippen LogP) is 2.22. The highest BCUT2D eigenvalue weighted by atomic mass is 32.2. The molecule has 3 N–H and O–H groups in total. The summed E-state index contributed by atoms with van der Waals surface area (Å²) in [4.78, 5) is 14.6. The average molecular weight is 453 g/mol. The van der Waals surface area contributed by atoms with Gasteiger partial charge in [0.1, 0.15) is 11.8 Å². The molecule has 0 radical (unpaired) electrons. The zero-order valence-corrected chi connectivity index (χ0v) is 18.4. The van der Waals surface area contributed by atoms with E-state index < -0.39 is 16.1 Å². The van der Waals surface area contributed by atoms with Gasteiger partial charge < -0.3 is 15.5 Å². The van der Waals surface area contributed by atoms with Crippen LogP contribution in [0.2, 0.25) is 0 Å². The fourth-order valence-electron chi connectivity index (χ4n) is 3.84. The number of carbonyl (C=O) groups is 1. The van der Waals surface area contributed by atoms with Gasteiger partial charge in [-0.2, -0.15) is 9.82 Å². The lowest BCUT2D eigenvalue weighted by atomic mass is 10.1. The molecule has 1 aliphatic rings. The van der Waals surface area contributed by atoms with Gasteiger partial charge in [-0.1, -0.05) is 30.3 Å². The monoisotopic (exact) mass is 452 g/mol. The van der Waals surface area contributed by atoms with Gasteiger partial charge in [-0.25, -0.2) is 8.42 Å². The topological polar surface area (TPSA) is 114 Å². The van der Waals surface area contributed by atoms with Gasteiger partial charge in [-0.3, -0.25) is 4.79 Å². The van der Waals surface area contributed by atoms with Crippen molar-refractivity contribution in [3.05, 3.63) is 71.8 Å². The SMILES string of the molecule is COc1ccc2ccc(S(=O)(=O)N[C@H]3CCN(Cc4cccc(C=NN)c4)C3=O)cc2c1. The molecule has 0 spiro atoms. The average Bonchev–Trinajstić information content (AvgIpc) is 3.12. The van der Waals surface area contributed by atoms with Crippen LogP contribution in [-0.2, 0) is 21.4 Å². The van der Waals surface area contributed by atoms with E-state index in [1.165, 1.54) is 6.21 Å². The number of hydrogen-bond acceptors (Lipinski definition) is 6. The Morgan fingerprint density at radius 2 is 1.97 bits per heavy atom. The fraction of sp³-hybridized carbons (Fsp3) is 0.217. The molecule has 32 heavy (non-hydrogen) atoms. The second-order valence-electron chi connectivity index (χ2n) is 7.62. The summed E-state index contributed by atoms with van der Waals surface area (Å²) in [6, 6.07) is 17.1. The summed E-state index contributed by atoms with van der Waals surface area (Å²) in [5.74, 6) is 5.60. The normalized spacial score (nSPS) is 16.8. The number of hydrogen-bond donors (Lipinski definition) is 2. The lowest BCUT2D eigenvalue weighted by Gasteiger charge is -2.18. The van der Waals surface area contributed by atoms with Crippen LogP contribution < -0.4 is 15.3 Å². The van der Waals surface area contributed by atoms with Crippen molar-refractivity contribution in [3.63, 3.8) is 0 Å². The molecule has 1 atom stereocenters. The van der Waals surface area contributed by atoms with Crippen LogP contribution >= 0.6 is 0 Å². The van der Waals surface area contributed by atoms with Crippen molar-refractivity contribution >= 4 is 32.9 Å². The second-order valence-corrected chi connectivity index (χ2v) is 9.33. The predicted molar refractivity (Wildman–Crippen MR) is 123 cm³/mol. The maximum absolute atomic E-state index is 13.0. The number of carbonyl (C=O) groups excluding carboxylic acids is 1. The van der Waals surface area contributed by atoms with Crippen LogP contribution in [0.1, 0.15) is 17.5 Å². The van der Waals surface area contributed by atoms with E-state index in [-0.39, 0.29) is 10.8 Å². The number of hydrazone groups is 1. The molecule has 166 valence electrons.